The normalized spacial score (nSPS) is 12.2. The van der Waals surface area contributed by atoms with E-state index < -0.39 is 17.5 Å². The Morgan fingerprint density at radius 3 is 2.85 bits per heavy atom. The first-order valence-corrected chi connectivity index (χ1v) is 9.16. The number of hydrogen-bond acceptors (Lipinski definition) is 6. The maximum atomic E-state index is 13.5. The van der Waals surface area contributed by atoms with Crippen molar-refractivity contribution in [3.8, 4) is 11.3 Å². The Kier molecular flexibility index (Phi) is 5.65. The van der Waals surface area contributed by atoms with Gasteiger partial charge in [-0.3, -0.25) is 4.79 Å². The topological polar surface area (TPSA) is 80.9 Å². The van der Waals surface area contributed by atoms with Crippen LogP contribution >= 0.6 is 23.4 Å². The number of nitrogens with zero attached hydrogens (tertiary/aromatic N) is 4. The summed E-state index contributed by atoms with van der Waals surface area (Å²) in [4.78, 5) is 20.7. The molecule has 0 radical (unpaired) electrons. The molecule has 0 spiro atoms. The Hall–Kier alpha value is -2.29. The van der Waals surface area contributed by atoms with E-state index in [9.17, 15) is 14.3 Å². The lowest BCUT2D eigenvalue weighted by Gasteiger charge is -2.13. The molecule has 0 fully saturated rings. The van der Waals surface area contributed by atoms with Crippen molar-refractivity contribution in [1.29, 1.82) is 0 Å². The van der Waals surface area contributed by atoms with Crippen LogP contribution in [0.4, 0.5) is 4.39 Å². The monoisotopic (exact) mass is 392 g/mol. The molecule has 3 rings (SSSR count). The molecule has 1 aromatic carbocycles. The van der Waals surface area contributed by atoms with Crippen LogP contribution in [-0.2, 0) is 6.54 Å². The number of aromatic nitrogens is 4. The van der Waals surface area contributed by atoms with Gasteiger partial charge in [-0.05, 0) is 30.0 Å². The fraction of sp³-hybridized carbons (Fsp3) is 0.176. The van der Waals surface area contributed by atoms with Gasteiger partial charge in [-0.1, -0.05) is 29.4 Å². The molecule has 1 N–H and O–H groups in total. The zero-order valence-corrected chi connectivity index (χ0v) is 15.2. The average molecular weight is 393 g/mol. The lowest BCUT2D eigenvalue weighted by atomic mass is 10.1. The molecule has 0 aliphatic carbocycles. The van der Waals surface area contributed by atoms with E-state index in [-0.39, 0.29) is 11.6 Å². The van der Waals surface area contributed by atoms with Crippen LogP contribution in [0.2, 0.25) is 5.02 Å². The summed E-state index contributed by atoms with van der Waals surface area (Å²) < 4.78 is 14.6. The Morgan fingerprint density at radius 1 is 1.35 bits per heavy atom. The number of rotatable bonds is 5. The fourth-order valence-electron chi connectivity index (χ4n) is 2.30. The van der Waals surface area contributed by atoms with Gasteiger partial charge < -0.3 is 5.11 Å². The summed E-state index contributed by atoms with van der Waals surface area (Å²) in [6.45, 7) is -0.111. The van der Waals surface area contributed by atoms with Gasteiger partial charge in [0.05, 0.1) is 29.6 Å². The molecule has 0 bridgehead atoms. The number of hydrogen-bond donors (Lipinski definition) is 1. The van der Waals surface area contributed by atoms with Crippen LogP contribution in [0.5, 0.6) is 0 Å². The van der Waals surface area contributed by atoms with Gasteiger partial charge in [-0.15, -0.1) is 0 Å². The standard InChI is InChI=1S/C17H14ClFN4O2S/c1-26-17-20-5-4-14(22-17)11-7-16(25)23(21-8-11)9-15(24)10-2-3-12(18)13(19)6-10/h2-8,15,24H,9H2,1H3. The highest BCUT2D eigenvalue weighted by atomic mass is 35.5. The molecule has 0 aliphatic rings. The van der Waals surface area contributed by atoms with Crippen molar-refractivity contribution in [2.75, 3.05) is 6.26 Å². The summed E-state index contributed by atoms with van der Waals surface area (Å²) >= 11 is 7.03. The molecule has 9 heteroatoms. The molecule has 0 saturated carbocycles. The summed E-state index contributed by atoms with van der Waals surface area (Å²) in [6, 6.07) is 7.06. The second-order valence-corrected chi connectivity index (χ2v) is 6.56. The van der Waals surface area contributed by atoms with Crippen molar-refractivity contribution in [3.63, 3.8) is 0 Å². The van der Waals surface area contributed by atoms with Gasteiger partial charge in [-0.2, -0.15) is 5.10 Å². The largest absolute Gasteiger partial charge is 0.386 e. The van der Waals surface area contributed by atoms with E-state index in [0.29, 0.717) is 22.0 Å². The van der Waals surface area contributed by atoms with E-state index in [1.54, 1.807) is 12.3 Å². The van der Waals surface area contributed by atoms with Crippen molar-refractivity contribution in [3.05, 3.63) is 69.5 Å². The van der Waals surface area contributed by atoms with E-state index in [1.807, 2.05) is 6.26 Å². The molecule has 2 heterocycles. The minimum atomic E-state index is -1.10. The van der Waals surface area contributed by atoms with Gasteiger partial charge in [-0.25, -0.2) is 19.0 Å². The Labute approximate surface area is 157 Å². The molecule has 0 aliphatic heterocycles. The molecule has 6 nitrogen and oxygen atoms in total. The summed E-state index contributed by atoms with van der Waals surface area (Å²) in [5.41, 5.74) is 1.04. The average Bonchev–Trinajstić information content (AvgIpc) is 2.65. The van der Waals surface area contributed by atoms with Gasteiger partial charge in [0.1, 0.15) is 5.82 Å². The molecule has 0 amide bonds. The zero-order chi connectivity index (χ0) is 18.7. The number of halogens is 2. The van der Waals surface area contributed by atoms with Crippen molar-refractivity contribution in [2.24, 2.45) is 0 Å². The van der Waals surface area contributed by atoms with Crippen molar-refractivity contribution in [1.82, 2.24) is 19.7 Å². The molecule has 1 atom stereocenters. The van der Waals surface area contributed by atoms with Crippen LogP contribution in [-0.4, -0.2) is 31.1 Å². The van der Waals surface area contributed by atoms with Gasteiger partial charge in [0, 0.05) is 17.8 Å². The Bertz CT molecular complexity index is 998. The predicted molar refractivity (Wildman–Crippen MR) is 97.7 cm³/mol. The summed E-state index contributed by atoms with van der Waals surface area (Å²) in [6.07, 6.45) is 3.86. The quantitative estimate of drug-likeness (QED) is 0.531. The van der Waals surface area contributed by atoms with E-state index >= 15 is 0 Å². The Balaban J connectivity index is 1.83. The number of benzene rings is 1. The first-order valence-electron chi connectivity index (χ1n) is 7.55. The van der Waals surface area contributed by atoms with E-state index in [1.165, 1.54) is 36.2 Å². The second kappa shape index (κ2) is 7.94. The van der Waals surface area contributed by atoms with Crippen LogP contribution in [0.3, 0.4) is 0 Å². The first kappa shape index (κ1) is 18.5. The number of aliphatic hydroxyl groups excluding tert-OH is 1. The molecular weight excluding hydrogens is 379 g/mol. The minimum Gasteiger partial charge on any atom is -0.386 e. The molecule has 0 saturated heterocycles. The summed E-state index contributed by atoms with van der Waals surface area (Å²) in [5.74, 6) is -0.632. The third-order valence-electron chi connectivity index (χ3n) is 3.66. The lowest BCUT2D eigenvalue weighted by molar-refractivity contribution is 0.149. The van der Waals surface area contributed by atoms with Gasteiger partial charge in [0.25, 0.3) is 5.56 Å². The highest BCUT2D eigenvalue weighted by molar-refractivity contribution is 7.98. The van der Waals surface area contributed by atoms with Crippen LogP contribution in [0.15, 0.2) is 52.7 Å². The van der Waals surface area contributed by atoms with Crippen LogP contribution in [0, 0.1) is 5.82 Å². The molecular formula is C17H14ClFN4O2S. The van der Waals surface area contributed by atoms with Gasteiger partial charge >= 0.3 is 0 Å². The highest BCUT2D eigenvalue weighted by Crippen LogP contribution is 2.21. The minimum absolute atomic E-state index is 0.0324. The van der Waals surface area contributed by atoms with Gasteiger partial charge in [0.2, 0.25) is 0 Å². The van der Waals surface area contributed by atoms with Gasteiger partial charge in [0.15, 0.2) is 5.16 Å². The molecule has 26 heavy (non-hydrogen) atoms. The zero-order valence-electron chi connectivity index (χ0n) is 13.6. The van der Waals surface area contributed by atoms with Crippen molar-refractivity contribution in [2.45, 2.75) is 17.8 Å². The first-order chi connectivity index (χ1) is 12.5. The predicted octanol–water partition coefficient (Wildman–Crippen LogP) is 2.95. The molecule has 2 aromatic heterocycles. The summed E-state index contributed by atoms with van der Waals surface area (Å²) in [7, 11) is 0. The van der Waals surface area contributed by atoms with E-state index in [4.69, 9.17) is 11.6 Å². The maximum Gasteiger partial charge on any atom is 0.267 e. The SMILES string of the molecule is CSc1nccc(-c2cnn(CC(O)c3ccc(Cl)c(F)c3)c(=O)c2)n1. The third-order valence-corrected chi connectivity index (χ3v) is 4.52. The summed E-state index contributed by atoms with van der Waals surface area (Å²) in [5, 5.41) is 14.9. The van der Waals surface area contributed by atoms with Crippen LogP contribution in [0.25, 0.3) is 11.3 Å². The van der Waals surface area contributed by atoms with Crippen LogP contribution in [0.1, 0.15) is 11.7 Å². The van der Waals surface area contributed by atoms with E-state index in [0.717, 1.165) is 10.7 Å². The molecule has 134 valence electrons. The van der Waals surface area contributed by atoms with E-state index in [2.05, 4.69) is 15.1 Å². The second-order valence-electron chi connectivity index (χ2n) is 5.38. The number of aliphatic hydroxyl groups is 1. The fourth-order valence-corrected chi connectivity index (χ4v) is 2.77. The van der Waals surface area contributed by atoms with Crippen molar-refractivity contribution >= 4 is 23.4 Å². The van der Waals surface area contributed by atoms with Crippen molar-refractivity contribution < 1.29 is 9.50 Å². The molecule has 1 unspecified atom stereocenters. The smallest absolute Gasteiger partial charge is 0.267 e. The highest BCUT2D eigenvalue weighted by Gasteiger charge is 2.13. The van der Waals surface area contributed by atoms with Crippen LogP contribution < -0.4 is 5.56 Å². The maximum absolute atomic E-state index is 13.5. The number of thioether (sulfide) groups is 1. The Morgan fingerprint density at radius 2 is 2.15 bits per heavy atom. The lowest BCUT2D eigenvalue weighted by Crippen LogP contribution is -2.25. The third kappa shape index (κ3) is 4.09. The molecule has 3 aromatic rings.